The molecule has 0 aliphatic heterocycles. The quantitative estimate of drug-likeness (QED) is 0.928. The zero-order valence-electron chi connectivity index (χ0n) is 11.1. The highest BCUT2D eigenvalue weighted by Gasteiger charge is 2.38. The summed E-state index contributed by atoms with van der Waals surface area (Å²) >= 11 is 6.13. The van der Waals surface area contributed by atoms with Gasteiger partial charge in [0.2, 0.25) is 0 Å². The van der Waals surface area contributed by atoms with Gasteiger partial charge in [-0.15, -0.1) is 0 Å². The lowest BCUT2D eigenvalue weighted by Gasteiger charge is -2.28. The first-order valence-corrected chi connectivity index (χ1v) is 6.85. The summed E-state index contributed by atoms with van der Waals surface area (Å²) in [5.41, 5.74) is 3.79. The van der Waals surface area contributed by atoms with E-state index in [-0.39, 0.29) is 11.5 Å². The second-order valence-corrected chi connectivity index (χ2v) is 6.25. The minimum absolute atomic E-state index is 0.177. The van der Waals surface area contributed by atoms with Crippen molar-refractivity contribution in [2.75, 3.05) is 0 Å². The number of rotatable bonds is 3. The summed E-state index contributed by atoms with van der Waals surface area (Å²) in [5, 5.41) is 8.31. The van der Waals surface area contributed by atoms with Crippen LogP contribution in [0, 0.1) is 5.41 Å². The van der Waals surface area contributed by atoms with Gasteiger partial charge in [0.1, 0.15) is 6.26 Å². The van der Waals surface area contributed by atoms with Crippen LogP contribution < -0.4 is 5.32 Å². The molecule has 4 heteroatoms. The predicted octanol–water partition coefficient (Wildman–Crippen LogP) is 3.74. The molecule has 1 unspecified atom stereocenters. The molecule has 0 saturated carbocycles. The fourth-order valence-corrected chi connectivity index (χ4v) is 3.11. The van der Waals surface area contributed by atoms with E-state index in [1.165, 1.54) is 11.1 Å². The van der Waals surface area contributed by atoms with Crippen molar-refractivity contribution in [1.29, 1.82) is 0 Å². The van der Waals surface area contributed by atoms with Crippen LogP contribution in [-0.2, 0) is 13.0 Å². The number of benzene rings is 1. The topological polar surface area (TPSA) is 38.1 Å². The van der Waals surface area contributed by atoms with E-state index in [1.807, 2.05) is 12.1 Å². The van der Waals surface area contributed by atoms with Crippen molar-refractivity contribution in [3.63, 3.8) is 0 Å². The second-order valence-electron chi connectivity index (χ2n) is 5.81. The molecule has 0 amide bonds. The van der Waals surface area contributed by atoms with Crippen LogP contribution in [0.1, 0.15) is 36.7 Å². The summed E-state index contributed by atoms with van der Waals surface area (Å²) in [5.74, 6) is 0. The third-order valence-electron chi connectivity index (χ3n) is 3.83. The van der Waals surface area contributed by atoms with Crippen LogP contribution in [0.5, 0.6) is 0 Å². The number of halogens is 1. The van der Waals surface area contributed by atoms with E-state index in [4.69, 9.17) is 16.1 Å². The standard InChI is InChI=1S/C15H17ClN2O/c1-15(2)8-10-3-4-11(16)7-13(10)14(15)17-9-12-5-6-19-18-12/h3-7,14,17H,8-9H2,1-2H3. The van der Waals surface area contributed by atoms with Crippen molar-refractivity contribution in [1.82, 2.24) is 10.5 Å². The van der Waals surface area contributed by atoms with Gasteiger partial charge in [-0.05, 0) is 35.1 Å². The molecule has 100 valence electrons. The number of hydrogen-bond acceptors (Lipinski definition) is 3. The van der Waals surface area contributed by atoms with Crippen molar-refractivity contribution in [3.05, 3.63) is 52.4 Å². The third kappa shape index (κ3) is 2.40. The number of fused-ring (bicyclic) bond motifs is 1. The van der Waals surface area contributed by atoms with E-state index in [0.29, 0.717) is 6.54 Å². The zero-order chi connectivity index (χ0) is 13.5. The largest absolute Gasteiger partial charge is 0.364 e. The Morgan fingerprint density at radius 2 is 2.26 bits per heavy atom. The molecule has 0 saturated heterocycles. The Balaban J connectivity index is 1.85. The zero-order valence-corrected chi connectivity index (χ0v) is 11.9. The number of hydrogen-bond donors (Lipinski definition) is 1. The van der Waals surface area contributed by atoms with Crippen LogP contribution in [0.3, 0.4) is 0 Å². The third-order valence-corrected chi connectivity index (χ3v) is 4.06. The maximum Gasteiger partial charge on any atom is 0.124 e. The lowest BCUT2D eigenvalue weighted by molar-refractivity contribution is 0.265. The molecule has 1 heterocycles. The summed E-state index contributed by atoms with van der Waals surface area (Å²) in [6.45, 7) is 5.26. The predicted molar refractivity (Wildman–Crippen MR) is 75.0 cm³/mol. The molecule has 19 heavy (non-hydrogen) atoms. The van der Waals surface area contributed by atoms with Crippen LogP contribution in [0.15, 0.2) is 35.1 Å². The summed E-state index contributed by atoms with van der Waals surface area (Å²) in [7, 11) is 0. The van der Waals surface area contributed by atoms with Crippen LogP contribution in [0.2, 0.25) is 5.02 Å². The highest BCUT2D eigenvalue weighted by molar-refractivity contribution is 6.30. The molecule has 1 N–H and O–H groups in total. The average Bonchev–Trinajstić information content (AvgIpc) is 2.92. The summed E-state index contributed by atoms with van der Waals surface area (Å²) in [6.07, 6.45) is 2.66. The van der Waals surface area contributed by atoms with Gasteiger partial charge in [-0.1, -0.05) is 36.7 Å². The molecule has 1 atom stereocenters. The molecular formula is C15H17ClN2O. The molecule has 1 aliphatic carbocycles. The molecule has 3 rings (SSSR count). The fraction of sp³-hybridized carbons (Fsp3) is 0.400. The molecule has 0 radical (unpaired) electrons. The van der Waals surface area contributed by atoms with Gasteiger partial charge in [-0.25, -0.2) is 0 Å². The smallest absolute Gasteiger partial charge is 0.124 e. The Bertz CT molecular complexity index is 578. The number of nitrogens with one attached hydrogen (secondary N) is 1. The molecule has 0 bridgehead atoms. The Morgan fingerprint density at radius 1 is 1.42 bits per heavy atom. The molecule has 3 nitrogen and oxygen atoms in total. The van der Waals surface area contributed by atoms with Crippen LogP contribution in [0.4, 0.5) is 0 Å². The van der Waals surface area contributed by atoms with E-state index < -0.39 is 0 Å². The number of aromatic nitrogens is 1. The Hall–Kier alpha value is -1.32. The first kappa shape index (κ1) is 12.7. The van der Waals surface area contributed by atoms with E-state index in [0.717, 1.165) is 17.1 Å². The van der Waals surface area contributed by atoms with Gasteiger partial charge in [-0.2, -0.15) is 0 Å². The minimum atomic E-state index is 0.177. The highest BCUT2D eigenvalue weighted by Crippen LogP contribution is 2.45. The summed E-state index contributed by atoms with van der Waals surface area (Å²) in [4.78, 5) is 0. The van der Waals surface area contributed by atoms with Crippen LogP contribution in [0.25, 0.3) is 0 Å². The first-order chi connectivity index (χ1) is 9.06. The van der Waals surface area contributed by atoms with Crippen LogP contribution >= 0.6 is 11.6 Å². The molecule has 0 spiro atoms. The molecule has 1 aliphatic rings. The Morgan fingerprint density at radius 3 is 3.00 bits per heavy atom. The average molecular weight is 277 g/mol. The molecule has 0 fully saturated rings. The van der Waals surface area contributed by atoms with Gasteiger partial charge >= 0.3 is 0 Å². The highest BCUT2D eigenvalue weighted by atomic mass is 35.5. The van der Waals surface area contributed by atoms with Crippen molar-refractivity contribution in [2.24, 2.45) is 5.41 Å². The van der Waals surface area contributed by atoms with Gasteiger partial charge in [0.15, 0.2) is 0 Å². The van der Waals surface area contributed by atoms with Crippen molar-refractivity contribution in [2.45, 2.75) is 32.9 Å². The Kier molecular flexibility index (Phi) is 3.11. The SMILES string of the molecule is CC1(C)Cc2ccc(Cl)cc2C1NCc1ccon1. The minimum Gasteiger partial charge on any atom is -0.364 e. The lowest BCUT2D eigenvalue weighted by Crippen LogP contribution is -2.30. The Labute approximate surface area is 117 Å². The van der Waals surface area contributed by atoms with Gasteiger partial charge in [-0.3, -0.25) is 0 Å². The maximum atomic E-state index is 6.13. The maximum absolute atomic E-state index is 6.13. The second kappa shape index (κ2) is 4.66. The van der Waals surface area contributed by atoms with E-state index in [9.17, 15) is 0 Å². The first-order valence-electron chi connectivity index (χ1n) is 6.47. The van der Waals surface area contributed by atoms with Crippen molar-refractivity contribution >= 4 is 11.6 Å². The van der Waals surface area contributed by atoms with Crippen molar-refractivity contribution in [3.8, 4) is 0 Å². The number of nitrogens with zero attached hydrogens (tertiary/aromatic N) is 1. The lowest BCUT2D eigenvalue weighted by atomic mass is 9.85. The van der Waals surface area contributed by atoms with E-state index in [1.54, 1.807) is 6.26 Å². The van der Waals surface area contributed by atoms with Gasteiger partial charge in [0.25, 0.3) is 0 Å². The van der Waals surface area contributed by atoms with E-state index in [2.05, 4.69) is 36.5 Å². The fourth-order valence-electron chi connectivity index (χ4n) is 2.93. The van der Waals surface area contributed by atoms with Gasteiger partial charge in [0.05, 0.1) is 5.69 Å². The normalized spacial score (nSPS) is 20.5. The van der Waals surface area contributed by atoms with Gasteiger partial charge in [0, 0.05) is 23.7 Å². The summed E-state index contributed by atoms with van der Waals surface area (Å²) in [6, 6.07) is 8.35. The summed E-state index contributed by atoms with van der Waals surface area (Å²) < 4.78 is 4.86. The molecule has 1 aromatic carbocycles. The van der Waals surface area contributed by atoms with Gasteiger partial charge < -0.3 is 9.84 Å². The van der Waals surface area contributed by atoms with Crippen molar-refractivity contribution < 1.29 is 4.52 Å². The van der Waals surface area contributed by atoms with Crippen LogP contribution in [-0.4, -0.2) is 5.16 Å². The molecule has 2 aromatic rings. The molecule has 1 aromatic heterocycles. The molecular weight excluding hydrogens is 260 g/mol. The monoisotopic (exact) mass is 276 g/mol. The van der Waals surface area contributed by atoms with E-state index >= 15 is 0 Å².